The molecule has 0 aromatic rings. The Hall–Kier alpha value is 0.0849. The van der Waals surface area contributed by atoms with E-state index in [1.54, 1.807) is 6.15 Å². The molecule has 0 N–H and O–H groups in total. The molecule has 0 unspecified atom stereocenters. The molecule has 0 heterocycles. The van der Waals surface area contributed by atoms with Crippen molar-refractivity contribution in [2.45, 2.75) is 32.5 Å². The van der Waals surface area contributed by atoms with Crippen molar-refractivity contribution in [2.75, 3.05) is 0 Å². The molecule has 0 bridgehead atoms. The molecule has 0 aliphatic heterocycles. The Morgan fingerprint density at radius 3 is 2.75 bits per heavy atom. The van der Waals surface area contributed by atoms with Crippen molar-refractivity contribution in [1.29, 1.82) is 0 Å². The molecule has 0 aromatic carbocycles. The van der Waals surface area contributed by atoms with Crippen molar-refractivity contribution < 1.29 is 4.21 Å². The minimum atomic E-state index is 0.577. The molecule has 0 aliphatic carbocycles. The van der Waals surface area contributed by atoms with E-state index < -0.39 is 0 Å². The Labute approximate surface area is 54.7 Å². The summed E-state index contributed by atoms with van der Waals surface area (Å²) in [5, 5.41) is 0. The van der Waals surface area contributed by atoms with E-state index in [4.69, 9.17) is 0 Å². The first-order valence-corrected chi connectivity index (χ1v) is 3.82. The van der Waals surface area contributed by atoms with Gasteiger partial charge in [-0.2, -0.15) is 0 Å². The number of rotatable bonds is 4. The first-order chi connectivity index (χ1) is 3.91. The molecular formula is C5H11BOS. The molecule has 0 amide bonds. The molecule has 8 heavy (non-hydrogen) atoms. The van der Waals surface area contributed by atoms with Crippen molar-refractivity contribution in [3.8, 4) is 0 Å². The van der Waals surface area contributed by atoms with Crippen molar-refractivity contribution in [2.24, 2.45) is 0 Å². The van der Waals surface area contributed by atoms with Gasteiger partial charge < -0.3 is 0 Å². The maximum absolute atomic E-state index is 9.75. The van der Waals surface area contributed by atoms with Gasteiger partial charge >= 0.3 is 54.0 Å². The zero-order valence-corrected chi connectivity index (χ0v) is 6.04. The predicted octanol–water partition coefficient (Wildman–Crippen LogP) is 1.43. The van der Waals surface area contributed by atoms with Crippen LogP contribution in [0.25, 0.3) is 0 Å². The van der Waals surface area contributed by atoms with Crippen LogP contribution in [-0.4, -0.2) is 10.4 Å². The van der Waals surface area contributed by atoms with E-state index in [1.807, 2.05) is 0 Å². The van der Waals surface area contributed by atoms with Crippen LogP contribution < -0.4 is 0 Å². The summed E-state index contributed by atoms with van der Waals surface area (Å²) >= 11 is 0.577. The summed E-state index contributed by atoms with van der Waals surface area (Å²) in [7, 11) is 0. The summed E-state index contributed by atoms with van der Waals surface area (Å²) in [4.78, 5) is 0. The normalized spacial score (nSPS) is 8.12. The van der Waals surface area contributed by atoms with Crippen LogP contribution in [0.1, 0.15) is 26.2 Å². The molecule has 1 nitrogen and oxygen atoms in total. The standard InChI is InChI=1S/C5H11BOS/c1-2-3-4-5-6-8-7/h2-5H2,1H3. The van der Waals surface area contributed by atoms with E-state index in [9.17, 15) is 4.21 Å². The zero-order chi connectivity index (χ0) is 6.24. The number of unbranched alkanes of at least 4 members (excludes halogenated alkanes) is 2. The topological polar surface area (TPSA) is 17.1 Å². The van der Waals surface area contributed by atoms with Crippen LogP contribution in [-0.2, 0) is 11.1 Å². The van der Waals surface area contributed by atoms with Gasteiger partial charge in [0.25, 0.3) is 0 Å². The van der Waals surface area contributed by atoms with E-state index in [2.05, 4.69) is 6.92 Å². The summed E-state index contributed by atoms with van der Waals surface area (Å²) < 4.78 is 9.75. The van der Waals surface area contributed by atoms with Crippen LogP contribution in [0.3, 0.4) is 0 Å². The Morgan fingerprint density at radius 2 is 2.25 bits per heavy atom. The zero-order valence-electron chi connectivity index (χ0n) is 5.22. The van der Waals surface area contributed by atoms with Crippen molar-refractivity contribution in [1.82, 2.24) is 0 Å². The van der Waals surface area contributed by atoms with Crippen LogP contribution in [0.2, 0.25) is 6.32 Å². The quantitative estimate of drug-likeness (QED) is 0.415. The summed E-state index contributed by atoms with van der Waals surface area (Å²) in [5.74, 6) is 0. The molecule has 0 rings (SSSR count). The van der Waals surface area contributed by atoms with Crippen LogP contribution in [0, 0.1) is 0 Å². The molecule has 0 aromatic heterocycles. The van der Waals surface area contributed by atoms with Gasteiger partial charge in [-0.3, -0.25) is 0 Å². The molecule has 3 heteroatoms. The van der Waals surface area contributed by atoms with Gasteiger partial charge in [0.2, 0.25) is 0 Å². The second kappa shape index (κ2) is 7.08. The monoisotopic (exact) mass is 130 g/mol. The van der Waals surface area contributed by atoms with Crippen LogP contribution >= 0.6 is 0 Å². The molecule has 0 fully saturated rings. The van der Waals surface area contributed by atoms with Crippen molar-refractivity contribution in [3.05, 3.63) is 0 Å². The molecule has 0 atom stereocenters. The van der Waals surface area contributed by atoms with E-state index >= 15 is 0 Å². The SMILES string of the molecule is CCCCCB=S=O. The van der Waals surface area contributed by atoms with Crippen LogP contribution in [0.5, 0.6) is 0 Å². The summed E-state index contributed by atoms with van der Waals surface area (Å²) in [6.45, 7) is 2.16. The second-order valence-electron chi connectivity index (χ2n) is 1.76. The Morgan fingerprint density at radius 1 is 1.50 bits per heavy atom. The first kappa shape index (κ1) is 8.08. The van der Waals surface area contributed by atoms with Crippen molar-refractivity contribution >= 4 is 17.2 Å². The molecule has 0 saturated carbocycles. The van der Waals surface area contributed by atoms with Gasteiger partial charge in [0.05, 0.1) is 0 Å². The molecular weight excluding hydrogens is 119 g/mol. The van der Waals surface area contributed by atoms with E-state index in [-0.39, 0.29) is 0 Å². The number of hydrogen-bond donors (Lipinski definition) is 0. The van der Waals surface area contributed by atoms with Gasteiger partial charge in [0, 0.05) is 0 Å². The van der Waals surface area contributed by atoms with E-state index in [0.717, 1.165) is 6.32 Å². The van der Waals surface area contributed by atoms with Gasteiger partial charge in [-0.1, -0.05) is 0 Å². The Kier molecular flexibility index (Phi) is 7.16. The predicted molar refractivity (Wildman–Crippen MR) is 38.2 cm³/mol. The van der Waals surface area contributed by atoms with Crippen LogP contribution in [0.4, 0.5) is 0 Å². The van der Waals surface area contributed by atoms with Crippen molar-refractivity contribution in [3.63, 3.8) is 0 Å². The van der Waals surface area contributed by atoms with E-state index in [1.165, 1.54) is 19.3 Å². The molecule has 0 saturated heterocycles. The third-order valence-corrected chi connectivity index (χ3v) is 1.37. The van der Waals surface area contributed by atoms with Gasteiger partial charge in [-0.25, -0.2) is 0 Å². The van der Waals surface area contributed by atoms with Gasteiger partial charge in [0.15, 0.2) is 0 Å². The first-order valence-electron chi connectivity index (χ1n) is 3.02. The molecule has 0 aliphatic rings. The fourth-order valence-corrected chi connectivity index (χ4v) is 0.789. The van der Waals surface area contributed by atoms with Crippen LogP contribution in [0.15, 0.2) is 0 Å². The average molecular weight is 130 g/mol. The fraction of sp³-hybridized carbons (Fsp3) is 1.00. The third kappa shape index (κ3) is 6.08. The summed E-state index contributed by atoms with van der Waals surface area (Å²) in [6, 6.07) is 0. The maximum atomic E-state index is 9.75. The fourth-order valence-electron chi connectivity index (χ4n) is 0.526. The molecule has 0 spiro atoms. The van der Waals surface area contributed by atoms with Gasteiger partial charge in [-0.15, -0.1) is 0 Å². The average Bonchev–Trinajstić information content (AvgIpc) is 1.81. The third-order valence-electron chi connectivity index (χ3n) is 0.994. The van der Waals surface area contributed by atoms with Gasteiger partial charge in [-0.05, 0) is 0 Å². The molecule has 46 valence electrons. The molecule has 0 radical (unpaired) electrons. The minimum absolute atomic E-state index is 0.577. The summed E-state index contributed by atoms with van der Waals surface area (Å²) in [5.41, 5.74) is 0. The van der Waals surface area contributed by atoms with Gasteiger partial charge in [0.1, 0.15) is 0 Å². The number of hydrogen-bond acceptors (Lipinski definition) is 1. The van der Waals surface area contributed by atoms with E-state index in [0.29, 0.717) is 11.1 Å². The Bertz CT molecular complexity index is 88.4. The second-order valence-corrected chi connectivity index (χ2v) is 2.28. The Balaban J connectivity index is 2.82. The summed E-state index contributed by atoms with van der Waals surface area (Å²) in [6.07, 6.45) is 6.35.